The molecule has 0 unspecified atom stereocenters. The van der Waals surface area contributed by atoms with Gasteiger partial charge >= 0.3 is 5.97 Å². The molecule has 0 aliphatic heterocycles. The maximum Gasteiger partial charge on any atom is 0.303 e. The Balaban J connectivity index is 1.89. The Morgan fingerprint density at radius 1 is 1.27 bits per heavy atom. The first kappa shape index (κ1) is 15.8. The zero-order valence-corrected chi connectivity index (χ0v) is 12.8. The molecule has 2 aromatic rings. The molecule has 0 saturated carbocycles. The molecular formula is C15H15N3O3S. The first-order valence-corrected chi connectivity index (χ1v) is 7.44. The summed E-state index contributed by atoms with van der Waals surface area (Å²) in [5.41, 5.74) is 2.09. The van der Waals surface area contributed by atoms with Crippen LogP contribution in [0.25, 0.3) is 6.08 Å². The molecule has 1 amide bonds. The highest BCUT2D eigenvalue weighted by molar-refractivity contribution is 7.15. The minimum Gasteiger partial charge on any atom is -0.481 e. The molecule has 0 aliphatic rings. The van der Waals surface area contributed by atoms with E-state index in [-0.39, 0.29) is 12.3 Å². The monoisotopic (exact) mass is 317 g/mol. The summed E-state index contributed by atoms with van der Waals surface area (Å²) >= 11 is 1.18. The van der Waals surface area contributed by atoms with Gasteiger partial charge in [0.15, 0.2) is 0 Å². The van der Waals surface area contributed by atoms with Crippen LogP contribution in [0.3, 0.4) is 0 Å². The van der Waals surface area contributed by atoms with Crippen LogP contribution >= 0.6 is 11.3 Å². The van der Waals surface area contributed by atoms with Gasteiger partial charge in [-0.25, -0.2) is 0 Å². The average molecular weight is 317 g/mol. The van der Waals surface area contributed by atoms with E-state index < -0.39 is 5.97 Å². The van der Waals surface area contributed by atoms with Gasteiger partial charge in [0.25, 0.3) is 0 Å². The summed E-state index contributed by atoms with van der Waals surface area (Å²) in [7, 11) is 0. The predicted octanol–water partition coefficient (Wildman–Crippen LogP) is 2.52. The summed E-state index contributed by atoms with van der Waals surface area (Å²) in [5, 5.41) is 19.8. The zero-order valence-electron chi connectivity index (χ0n) is 11.9. The third kappa shape index (κ3) is 5.10. The van der Waals surface area contributed by atoms with Crippen LogP contribution in [-0.2, 0) is 16.0 Å². The highest BCUT2D eigenvalue weighted by atomic mass is 32.1. The lowest BCUT2D eigenvalue weighted by Crippen LogP contribution is -2.07. The van der Waals surface area contributed by atoms with Gasteiger partial charge in [-0.1, -0.05) is 41.2 Å². The summed E-state index contributed by atoms with van der Waals surface area (Å²) in [6.07, 6.45) is 3.43. The van der Waals surface area contributed by atoms with Crippen molar-refractivity contribution in [3.8, 4) is 0 Å². The van der Waals surface area contributed by atoms with Crippen molar-refractivity contribution >= 4 is 34.4 Å². The van der Waals surface area contributed by atoms with Crippen molar-refractivity contribution < 1.29 is 14.7 Å². The fourth-order valence-electron chi connectivity index (χ4n) is 1.62. The summed E-state index contributed by atoms with van der Waals surface area (Å²) in [6, 6.07) is 7.79. The first-order valence-electron chi connectivity index (χ1n) is 6.63. The zero-order chi connectivity index (χ0) is 15.9. The highest BCUT2D eigenvalue weighted by Crippen LogP contribution is 2.16. The summed E-state index contributed by atoms with van der Waals surface area (Å²) in [6.45, 7) is 2.00. The number of aryl methyl sites for hydroxylation is 2. The highest BCUT2D eigenvalue weighted by Gasteiger charge is 2.07. The van der Waals surface area contributed by atoms with Gasteiger partial charge in [0.2, 0.25) is 11.0 Å². The molecule has 0 radical (unpaired) electrons. The van der Waals surface area contributed by atoms with Crippen LogP contribution in [0.1, 0.15) is 22.6 Å². The number of nitrogens with one attached hydrogen (secondary N) is 1. The fraction of sp³-hybridized carbons (Fsp3) is 0.200. The number of carbonyl (C=O) groups is 2. The second-order valence-corrected chi connectivity index (χ2v) is 5.69. The van der Waals surface area contributed by atoms with Crippen molar-refractivity contribution in [2.45, 2.75) is 19.8 Å². The van der Waals surface area contributed by atoms with Crippen LogP contribution in [0.15, 0.2) is 30.3 Å². The average Bonchev–Trinajstić information content (AvgIpc) is 2.92. The van der Waals surface area contributed by atoms with Crippen molar-refractivity contribution in [2.75, 3.05) is 5.32 Å². The van der Waals surface area contributed by atoms with E-state index in [0.29, 0.717) is 16.6 Å². The predicted molar refractivity (Wildman–Crippen MR) is 84.7 cm³/mol. The van der Waals surface area contributed by atoms with E-state index in [1.807, 2.05) is 31.2 Å². The molecule has 0 saturated heterocycles. The maximum atomic E-state index is 11.8. The van der Waals surface area contributed by atoms with Gasteiger partial charge in [-0.3, -0.25) is 14.9 Å². The summed E-state index contributed by atoms with van der Waals surface area (Å²) < 4.78 is 0. The Morgan fingerprint density at radius 3 is 2.68 bits per heavy atom. The third-order valence-corrected chi connectivity index (χ3v) is 3.65. The Morgan fingerprint density at radius 2 is 2.00 bits per heavy atom. The molecule has 2 N–H and O–H groups in total. The van der Waals surface area contributed by atoms with Gasteiger partial charge in [0.1, 0.15) is 5.01 Å². The lowest BCUT2D eigenvalue weighted by molar-refractivity contribution is -0.137. The Kier molecular flexibility index (Phi) is 5.37. The quantitative estimate of drug-likeness (QED) is 0.799. The van der Waals surface area contributed by atoms with Crippen molar-refractivity contribution in [2.24, 2.45) is 0 Å². The van der Waals surface area contributed by atoms with Crippen molar-refractivity contribution in [1.29, 1.82) is 0 Å². The standard InChI is InChI=1S/C15H15N3O3S/c1-10-2-4-11(5-3-10)6-7-12(19)16-15-18-17-13(22-15)8-9-14(20)21/h2-7H,8-9H2,1H3,(H,20,21)(H,16,18,19)/b7-6+. The molecule has 0 atom stereocenters. The number of amides is 1. The number of hydrogen-bond acceptors (Lipinski definition) is 5. The fourth-order valence-corrected chi connectivity index (χ4v) is 2.36. The van der Waals surface area contributed by atoms with Crippen LogP contribution in [0.4, 0.5) is 5.13 Å². The second kappa shape index (κ2) is 7.46. The van der Waals surface area contributed by atoms with E-state index in [1.165, 1.54) is 17.4 Å². The van der Waals surface area contributed by atoms with E-state index in [9.17, 15) is 9.59 Å². The third-order valence-electron chi connectivity index (χ3n) is 2.75. The van der Waals surface area contributed by atoms with Crippen molar-refractivity contribution in [1.82, 2.24) is 10.2 Å². The summed E-state index contributed by atoms with van der Waals surface area (Å²) in [4.78, 5) is 22.3. The largest absolute Gasteiger partial charge is 0.481 e. The molecular weight excluding hydrogens is 302 g/mol. The van der Waals surface area contributed by atoms with Crippen LogP contribution in [0, 0.1) is 6.92 Å². The maximum absolute atomic E-state index is 11.8. The van der Waals surface area contributed by atoms with Crippen LogP contribution in [0.5, 0.6) is 0 Å². The van der Waals surface area contributed by atoms with Gasteiger partial charge in [0.05, 0.1) is 6.42 Å². The molecule has 1 aromatic heterocycles. The molecule has 22 heavy (non-hydrogen) atoms. The van der Waals surface area contributed by atoms with Gasteiger partial charge in [-0.2, -0.15) is 0 Å². The topological polar surface area (TPSA) is 92.2 Å². The number of aliphatic carboxylic acids is 1. The number of hydrogen-bond donors (Lipinski definition) is 2. The van der Waals surface area contributed by atoms with Gasteiger partial charge in [-0.05, 0) is 18.6 Å². The molecule has 114 valence electrons. The smallest absolute Gasteiger partial charge is 0.303 e. The number of anilines is 1. The van der Waals surface area contributed by atoms with Gasteiger partial charge in [-0.15, -0.1) is 10.2 Å². The number of nitrogens with zero attached hydrogens (tertiary/aromatic N) is 2. The minimum absolute atomic E-state index is 0.00406. The molecule has 0 aliphatic carbocycles. The van der Waals surface area contributed by atoms with E-state index in [4.69, 9.17) is 5.11 Å². The van der Waals surface area contributed by atoms with E-state index in [1.54, 1.807) is 6.08 Å². The number of carbonyl (C=O) groups excluding carboxylic acids is 1. The number of benzene rings is 1. The normalized spacial score (nSPS) is 10.8. The SMILES string of the molecule is Cc1ccc(/C=C/C(=O)Nc2nnc(CCC(=O)O)s2)cc1. The Labute approximate surface area is 131 Å². The number of carboxylic acids is 1. The van der Waals surface area contributed by atoms with Gasteiger partial charge in [0, 0.05) is 12.5 Å². The second-order valence-electron chi connectivity index (χ2n) is 4.63. The van der Waals surface area contributed by atoms with E-state index >= 15 is 0 Å². The lowest BCUT2D eigenvalue weighted by atomic mass is 10.1. The molecule has 1 heterocycles. The molecule has 0 fully saturated rings. The number of carboxylic acid groups (broad SMARTS) is 1. The molecule has 6 nitrogen and oxygen atoms in total. The van der Waals surface area contributed by atoms with E-state index in [2.05, 4.69) is 15.5 Å². The van der Waals surface area contributed by atoms with Crippen LogP contribution < -0.4 is 5.32 Å². The van der Waals surface area contributed by atoms with E-state index in [0.717, 1.165) is 11.1 Å². The number of aromatic nitrogens is 2. The first-order chi connectivity index (χ1) is 10.5. The Hall–Kier alpha value is -2.54. The van der Waals surface area contributed by atoms with Crippen molar-refractivity contribution in [3.05, 3.63) is 46.5 Å². The Bertz CT molecular complexity index is 692. The molecule has 1 aromatic carbocycles. The molecule has 0 spiro atoms. The van der Waals surface area contributed by atoms with Crippen molar-refractivity contribution in [3.63, 3.8) is 0 Å². The molecule has 0 bridgehead atoms. The van der Waals surface area contributed by atoms with Crippen LogP contribution in [-0.4, -0.2) is 27.2 Å². The summed E-state index contributed by atoms with van der Waals surface area (Å²) in [5.74, 6) is -1.19. The van der Waals surface area contributed by atoms with Gasteiger partial charge < -0.3 is 5.11 Å². The van der Waals surface area contributed by atoms with Crippen LogP contribution in [0.2, 0.25) is 0 Å². The molecule has 7 heteroatoms. The minimum atomic E-state index is -0.887. The molecule has 2 rings (SSSR count). The number of rotatable bonds is 6. The lowest BCUT2D eigenvalue weighted by Gasteiger charge is -1.96.